The number of hydrogen-bond donors (Lipinski definition) is 1. The van der Waals surface area contributed by atoms with Crippen molar-refractivity contribution < 1.29 is 0 Å². The first kappa shape index (κ1) is 29.6. The number of para-hydroxylation sites is 2. The Hall–Kier alpha value is -6.32. The largest absolute Gasteiger partial charge is 0.374 e. The van der Waals surface area contributed by atoms with Crippen LogP contribution in [0.1, 0.15) is 47.7 Å². The van der Waals surface area contributed by atoms with Crippen LogP contribution in [0.2, 0.25) is 0 Å². The van der Waals surface area contributed by atoms with E-state index in [0.717, 1.165) is 17.1 Å². The van der Waals surface area contributed by atoms with Crippen LogP contribution in [-0.4, -0.2) is 4.57 Å². The Morgan fingerprint density at radius 1 is 0.608 bits per heavy atom. The molecule has 0 amide bonds. The summed E-state index contributed by atoms with van der Waals surface area (Å²) in [6, 6.07) is 57.3. The minimum atomic E-state index is -0.229. The zero-order valence-electron chi connectivity index (χ0n) is 28.7. The van der Waals surface area contributed by atoms with Crippen molar-refractivity contribution in [1.82, 2.24) is 9.88 Å². The van der Waals surface area contributed by atoms with Crippen LogP contribution < -0.4 is 10.2 Å². The van der Waals surface area contributed by atoms with Crippen LogP contribution in [0.25, 0.3) is 44.7 Å². The molecule has 0 saturated carbocycles. The molecule has 2 aliphatic heterocycles. The first-order valence-corrected chi connectivity index (χ1v) is 17.8. The fraction of sp³-hybridized carbons (Fsp3) is 0.0833. The molecule has 1 aliphatic carbocycles. The summed E-state index contributed by atoms with van der Waals surface area (Å²) in [4.78, 5) is 2.51. The number of rotatable bonds is 4. The Morgan fingerprint density at radius 3 is 2.06 bits per heavy atom. The molecule has 0 saturated heterocycles. The number of nitrogens with zero attached hydrogens (tertiary/aromatic N) is 2. The Kier molecular flexibility index (Phi) is 6.59. The summed E-state index contributed by atoms with van der Waals surface area (Å²) >= 11 is 0. The number of fused-ring (bicyclic) bond motifs is 8. The van der Waals surface area contributed by atoms with Gasteiger partial charge in [0.15, 0.2) is 0 Å². The molecule has 0 fully saturated rings. The molecular weight excluding hydrogens is 619 g/mol. The SMILES string of the molecule is CC1(C)C2=C(c3ccccc31)N(c1ccccc1)c1ccccc1-c1c2ccc2ccn(C3=CC(c4ccccc4)NC(c4ccccc4)=C3)c12. The van der Waals surface area contributed by atoms with Gasteiger partial charge in [-0.1, -0.05) is 147 Å². The van der Waals surface area contributed by atoms with Crippen LogP contribution in [-0.2, 0) is 5.41 Å². The Bertz CT molecular complexity index is 2570. The second-order valence-electron chi connectivity index (χ2n) is 14.2. The van der Waals surface area contributed by atoms with Gasteiger partial charge in [0.05, 0.1) is 22.9 Å². The molecule has 6 aromatic carbocycles. The fourth-order valence-electron chi connectivity index (χ4n) is 8.66. The molecule has 3 heterocycles. The first-order chi connectivity index (χ1) is 25.1. The van der Waals surface area contributed by atoms with E-state index in [2.05, 4.69) is 205 Å². The zero-order valence-corrected chi connectivity index (χ0v) is 28.7. The number of nitrogens with one attached hydrogen (secondary N) is 1. The standard InChI is InChI=1S/C48H37N3/c1-48(2)40-24-14-12-22-37(40)47-45(48)39-27-26-34-28-29-50(46(34)44(39)38-23-13-15-25-43(38)51(47)35-20-10-5-11-21-35)36-30-41(32-16-6-3-7-17-32)49-42(31-36)33-18-8-4-9-19-33/h3-31,41,49H,1-2H3. The molecule has 3 aliphatic rings. The van der Waals surface area contributed by atoms with Gasteiger partial charge in [0, 0.05) is 50.8 Å². The topological polar surface area (TPSA) is 20.2 Å². The molecular formula is C48H37N3. The molecule has 10 rings (SSSR count). The van der Waals surface area contributed by atoms with Gasteiger partial charge >= 0.3 is 0 Å². The van der Waals surface area contributed by atoms with E-state index < -0.39 is 0 Å². The zero-order chi connectivity index (χ0) is 34.1. The summed E-state index contributed by atoms with van der Waals surface area (Å²) in [6.07, 6.45) is 6.95. The normalized spacial score (nSPS) is 17.1. The average Bonchev–Trinajstić information content (AvgIpc) is 3.68. The van der Waals surface area contributed by atoms with E-state index in [-0.39, 0.29) is 11.5 Å². The van der Waals surface area contributed by atoms with Crippen molar-refractivity contribution >= 4 is 44.9 Å². The lowest BCUT2D eigenvalue weighted by atomic mass is 9.76. The fourth-order valence-corrected chi connectivity index (χ4v) is 8.66. The highest BCUT2D eigenvalue weighted by Gasteiger charge is 2.44. The lowest BCUT2D eigenvalue weighted by molar-refractivity contribution is 0.704. The molecule has 1 unspecified atom stereocenters. The van der Waals surface area contributed by atoms with Gasteiger partial charge in [-0.25, -0.2) is 0 Å². The highest BCUT2D eigenvalue weighted by Crippen LogP contribution is 2.59. The second-order valence-corrected chi connectivity index (χ2v) is 14.2. The molecule has 244 valence electrons. The number of dihydropyridines is 1. The van der Waals surface area contributed by atoms with E-state index in [1.807, 2.05) is 0 Å². The number of aromatic nitrogens is 1. The number of allylic oxidation sites excluding steroid dienone is 3. The molecule has 1 atom stereocenters. The minimum Gasteiger partial charge on any atom is -0.374 e. The van der Waals surface area contributed by atoms with Crippen molar-refractivity contribution in [3.8, 4) is 11.1 Å². The van der Waals surface area contributed by atoms with Crippen molar-refractivity contribution in [2.45, 2.75) is 25.3 Å². The van der Waals surface area contributed by atoms with E-state index in [0.29, 0.717) is 0 Å². The van der Waals surface area contributed by atoms with E-state index in [1.54, 1.807) is 0 Å². The van der Waals surface area contributed by atoms with Crippen LogP contribution >= 0.6 is 0 Å². The third-order valence-corrected chi connectivity index (χ3v) is 11.0. The van der Waals surface area contributed by atoms with Gasteiger partial charge in [-0.2, -0.15) is 0 Å². The lowest BCUT2D eigenvalue weighted by Crippen LogP contribution is -2.22. The third-order valence-electron chi connectivity index (χ3n) is 11.0. The molecule has 3 heteroatoms. The van der Waals surface area contributed by atoms with Crippen molar-refractivity contribution in [3.63, 3.8) is 0 Å². The Morgan fingerprint density at radius 2 is 1.27 bits per heavy atom. The summed E-state index contributed by atoms with van der Waals surface area (Å²) in [7, 11) is 0. The summed E-state index contributed by atoms with van der Waals surface area (Å²) in [5.41, 5.74) is 17.1. The van der Waals surface area contributed by atoms with E-state index in [4.69, 9.17) is 0 Å². The van der Waals surface area contributed by atoms with Crippen molar-refractivity contribution in [2.24, 2.45) is 0 Å². The summed E-state index contributed by atoms with van der Waals surface area (Å²) in [6.45, 7) is 4.80. The van der Waals surface area contributed by atoms with Gasteiger partial charge in [0.2, 0.25) is 0 Å². The van der Waals surface area contributed by atoms with Gasteiger partial charge in [-0.15, -0.1) is 0 Å². The van der Waals surface area contributed by atoms with E-state index >= 15 is 0 Å². The van der Waals surface area contributed by atoms with Crippen molar-refractivity contribution in [3.05, 3.63) is 204 Å². The molecule has 0 spiro atoms. The predicted octanol–water partition coefficient (Wildman–Crippen LogP) is 11.8. The number of hydrogen-bond acceptors (Lipinski definition) is 2. The van der Waals surface area contributed by atoms with Gasteiger partial charge in [-0.05, 0) is 64.2 Å². The number of benzene rings is 6. The smallest absolute Gasteiger partial charge is 0.0721 e. The van der Waals surface area contributed by atoms with Crippen LogP contribution in [0.4, 0.5) is 11.4 Å². The monoisotopic (exact) mass is 655 g/mol. The van der Waals surface area contributed by atoms with Crippen LogP contribution in [0, 0.1) is 0 Å². The van der Waals surface area contributed by atoms with Gasteiger partial charge < -0.3 is 14.8 Å². The maximum atomic E-state index is 3.85. The molecule has 51 heavy (non-hydrogen) atoms. The van der Waals surface area contributed by atoms with E-state index in [1.165, 1.54) is 66.8 Å². The van der Waals surface area contributed by atoms with E-state index in [9.17, 15) is 0 Å². The van der Waals surface area contributed by atoms with Crippen LogP contribution in [0.3, 0.4) is 0 Å². The van der Waals surface area contributed by atoms with Crippen LogP contribution in [0.5, 0.6) is 0 Å². The Labute approximate surface area is 299 Å². The number of anilines is 2. The molecule has 0 bridgehead atoms. The van der Waals surface area contributed by atoms with Crippen molar-refractivity contribution in [1.29, 1.82) is 0 Å². The summed E-state index contributed by atoms with van der Waals surface area (Å²) in [5.74, 6) is 0. The molecule has 1 N–H and O–H groups in total. The average molecular weight is 656 g/mol. The highest BCUT2D eigenvalue weighted by atomic mass is 15.2. The maximum absolute atomic E-state index is 3.85. The minimum absolute atomic E-state index is 0.0135. The maximum Gasteiger partial charge on any atom is 0.0721 e. The highest BCUT2D eigenvalue weighted by molar-refractivity contribution is 6.18. The molecule has 3 nitrogen and oxygen atoms in total. The third kappa shape index (κ3) is 4.51. The predicted molar refractivity (Wildman–Crippen MR) is 213 cm³/mol. The summed E-state index contributed by atoms with van der Waals surface area (Å²) < 4.78 is 2.43. The lowest BCUT2D eigenvalue weighted by Gasteiger charge is -2.29. The quantitative estimate of drug-likeness (QED) is 0.204. The summed E-state index contributed by atoms with van der Waals surface area (Å²) in [5, 5.41) is 5.07. The first-order valence-electron chi connectivity index (χ1n) is 17.8. The van der Waals surface area contributed by atoms with Gasteiger partial charge in [0.25, 0.3) is 0 Å². The Balaban J connectivity index is 1.29. The second kappa shape index (κ2) is 11.4. The molecule has 0 radical (unpaired) electrons. The van der Waals surface area contributed by atoms with Crippen LogP contribution in [0.15, 0.2) is 176 Å². The molecule has 1 aromatic heterocycles. The molecule has 7 aromatic rings. The van der Waals surface area contributed by atoms with Gasteiger partial charge in [0.1, 0.15) is 0 Å². The van der Waals surface area contributed by atoms with Gasteiger partial charge in [-0.3, -0.25) is 0 Å². The van der Waals surface area contributed by atoms with Crippen molar-refractivity contribution in [2.75, 3.05) is 4.90 Å².